The van der Waals surface area contributed by atoms with Gasteiger partial charge in [0.1, 0.15) is 0 Å². The van der Waals surface area contributed by atoms with Crippen molar-refractivity contribution in [3.05, 3.63) is 69.3 Å². The lowest BCUT2D eigenvalue weighted by molar-refractivity contribution is 0.187. The van der Waals surface area contributed by atoms with Gasteiger partial charge >= 0.3 is 0 Å². The van der Waals surface area contributed by atoms with Gasteiger partial charge in [0.2, 0.25) is 11.8 Å². The molecule has 2 aromatic carbocycles. The summed E-state index contributed by atoms with van der Waals surface area (Å²) in [5, 5.41) is 0.964. The largest absolute Gasteiger partial charge is 0.480 e. The molecule has 166 valence electrons. The third kappa shape index (κ3) is 3.43. The van der Waals surface area contributed by atoms with Gasteiger partial charge in [-0.2, -0.15) is 4.98 Å². The van der Waals surface area contributed by atoms with Crippen LogP contribution in [-0.4, -0.2) is 30.2 Å². The molecule has 1 aliphatic heterocycles. The fourth-order valence-electron chi connectivity index (χ4n) is 5.29. The molecule has 0 saturated carbocycles. The van der Waals surface area contributed by atoms with Crippen LogP contribution in [0, 0.1) is 12.3 Å². The summed E-state index contributed by atoms with van der Waals surface area (Å²) < 4.78 is 5.66. The van der Waals surface area contributed by atoms with E-state index < -0.39 is 0 Å². The van der Waals surface area contributed by atoms with Crippen molar-refractivity contribution < 1.29 is 4.74 Å². The zero-order valence-electron chi connectivity index (χ0n) is 18.2. The molecule has 1 fully saturated rings. The summed E-state index contributed by atoms with van der Waals surface area (Å²) >= 11 is 12.7. The molecule has 5 rings (SSSR count). The van der Waals surface area contributed by atoms with Gasteiger partial charge in [0, 0.05) is 24.7 Å². The van der Waals surface area contributed by atoms with Crippen molar-refractivity contribution in [3.8, 4) is 17.0 Å². The molecule has 5 nitrogen and oxygen atoms in total. The second-order valence-corrected chi connectivity index (χ2v) is 9.58. The number of hydrogen-bond acceptors (Lipinski definition) is 5. The van der Waals surface area contributed by atoms with Gasteiger partial charge in [-0.1, -0.05) is 59.6 Å². The van der Waals surface area contributed by atoms with Crippen molar-refractivity contribution in [2.45, 2.75) is 32.2 Å². The number of hydrogen-bond donors (Lipinski definition) is 1. The van der Waals surface area contributed by atoms with Crippen LogP contribution in [0.4, 0.5) is 5.95 Å². The maximum atomic E-state index is 6.73. The predicted molar refractivity (Wildman–Crippen MR) is 130 cm³/mol. The highest BCUT2D eigenvalue weighted by Crippen LogP contribution is 2.51. The van der Waals surface area contributed by atoms with E-state index >= 15 is 0 Å². The van der Waals surface area contributed by atoms with Crippen molar-refractivity contribution in [1.82, 2.24) is 9.97 Å². The Labute approximate surface area is 198 Å². The molecule has 2 aliphatic rings. The summed E-state index contributed by atoms with van der Waals surface area (Å²) in [6.45, 7) is 3.68. The van der Waals surface area contributed by atoms with Gasteiger partial charge in [-0.05, 0) is 48.8 Å². The van der Waals surface area contributed by atoms with E-state index in [0.29, 0.717) is 21.9 Å². The Morgan fingerprint density at radius 1 is 1.06 bits per heavy atom. The van der Waals surface area contributed by atoms with Crippen LogP contribution in [0.15, 0.2) is 42.5 Å². The summed E-state index contributed by atoms with van der Waals surface area (Å²) in [7, 11) is 1.62. The third-order valence-corrected chi connectivity index (χ3v) is 7.91. The monoisotopic (exact) mass is 468 g/mol. The molecule has 0 amide bonds. The Morgan fingerprint density at radius 2 is 1.81 bits per heavy atom. The van der Waals surface area contributed by atoms with Crippen LogP contribution < -0.4 is 15.4 Å². The molecular formula is C25H26Cl2N4O. The van der Waals surface area contributed by atoms with Gasteiger partial charge in [-0.3, -0.25) is 0 Å². The zero-order chi connectivity index (χ0) is 22.5. The molecule has 1 saturated heterocycles. The maximum absolute atomic E-state index is 6.73. The first-order chi connectivity index (χ1) is 15.4. The summed E-state index contributed by atoms with van der Waals surface area (Å²) in [5.41, 5.74) is 11.9. The SMILES string of the molecule is COc1nc(N2CCC3(CC2)Cc2ccccc2[C@H]3N)nc(C)c1-c1cccc(Cl)c1Cl. The van der Waals surface area contributed by atoms with E-state index in [1.165, 1.54) is 11.1 Å². The lowest BCUT2D eigenvalue weighted by atomic mass is 9.73. The number of nitrogens with two attached hydrogens (primary N) is 1. The molecule has 0 bridgehead atoms. The molecule has 7 heteroatoms. The molecule has 0 radical (unpaired) electrons. The van der Waals surface area contributed by atoms with Crippen LogP contribution in [-0.2, 0) is 6.42 Å². The van der Waals surface area contributed by atoms with Gasteiger partial charge in [0.25, 0.3) is 0 Å². The molecule has 1 aliphatic carbocycles. The Kier molecular flexibility index (Phi) is 5.52. The van der Waals surface area contributed by atoms with E-state index in [1.54, 1.807) is 13.2 Å². The minimum absolute atomic E-state index is 0.0883. The number of aromatic nitrogens is 2. The van der Waals surface area contributed by atoms with Crippen molar-refractivity contribution in [1.29, 1.82) is 0 Å². The number of piperidine rings is 1. The number of halogens is 2. The highest BCUT2D eigenvalue weighted by atomic mass is 35.5. The lowest BCUT2D eigenvalue weighted by Gasteiger charge is -2.42. The summed E-state index contributed by atoms with van der Waals surface area (Å²) in [6, 6.07) is 14.2. The minimum atomic E-state index is 0.0883. The normalized spacial score (nSPS) is 19.3. The second-order valence-electron chi connectivity index (χ2n) is 8.80. The van der Waals surface area contributed by atoms with Gasteiger partial charge in [0.15, 0.2) is 0 Å². The van der Waals surface area contributed by atoms with E-state index in [4.69, 9.17) is 43.6 Å². The number of nitrogens with zero attached hydrogens (tertiary/aromatic N) is 3. The fraction of sp³-hybridized carbons (Fsp3) is 0.360. The average molecular weight is 469 g/mol. The van der Waals surface area contributed by atoms with Crippen LogP contribution in [0.2, 0.25) is 10.0 Å². The highest BCUT2D eigenvalue weighted by molar-refractivity contribution is 6.43. The van der Waals surface area contributed by atoms with E-state index in [-0.39, 0.29) is 11.5 Å². The molecule has 3 aromatic rings. The average Bonchev–Trinajstić information content (AvgIpc) is 3.07. The molecule has 2 heterocycles. The first-order valence-corrected chi connectivity index (χ1v) is 11.6. The van der Waals surface area contributed by atoms with Crippen molar-refractivity contribution >= 4 is 29.2 Å². The number of methoxy groups -OCH3 is 1. The summed E-state index contributed by atoms with van der Waals surface area (Å²) in [6.07, 6.45) is 3.07. The standard InChI is InChI=1S/C25H26Cl2N4O/c1-15-20(18-8-5-9-19(26)21(18)27)23(32-2)30-24(29-15)31-12-10-25(11-13-31)14-16-6-3-4-7-17(16)22(25)28/h3-9,22H,10-14,28H2,1-2H3/t22-/m1/s1. The van der Waals surface area contributed by atoms with Gasteiger partial charge in [0.05, 0.1) is 28.4 Å². The zero-order valence-corrected chi connectivity index (χ0v) is 19.7. The quantitative estimate of drug-likeness (QED) is 0.540. The number of aryl methyl sites for hydroxylation is 1. The molecular weight excluding hydrogens is 443 g/mol. The Bertz CT molecular complexity index is 1170. The summed E-state index contributed by atoms with van der Waals surface area (Å²) in [4.78, 5) is 11.8. The lowest BCUT2D eigenvalue weighted by Crippen LogP contribution is -2.45. The third-order valence-electron chi connectivity index (χ3n) is 7.09. The molecule has 2 N–H and O–H groups in total. The van der Waals surface area contributed by atoms with Gasteiger partial charge in [-0.25, -0.2) is 4.98 Å². The minimum Gasteiger partial charge on any atom is -0.480 e. The van der Waals surface area contributed by atoms with Crippen LogP contribution in [0.3, 0.4) is 0 Å². The topological polar surface area (TPSA) is 64.3 Å². The fourth-order valence-corrected chi connectivity index (χ4v) is 5.68. The Morgan fingerprint density at radius 3 is 2.53 bits per heavy atom. The van der Waals surface area contributed by atoms with Gasteiger partial charge < -0.3 is 15.4 Å². The van der Waals surface area contributed by atoms with Crippen LogP contribution in [0.1, 0.15) is 35.7 Å². The van der Waals surface area contributed by atoms with Crippen molar-refractivity contribution in [2.75, 3.05) is 25.1 Å². The van der Waals surface area contributed by atoms with E-state index in [9.17, 15) is 0 Å². The molecule has 1 aromatic heterocycles. The van der Waals surface area contributed by atoms with Crippen LogP contribution >= 0.6 is 23.2 Å². The van der Waals surface area contributed by atoms with Gasteiger partial charge in [-0.15, -0.1) is 0 Å². The van der Waals surface area contributed by atoms with Crippen molar-refractivity contribution in [2.24, 2.45) is 11.1 Å². The first-order valence-electron chi connectivity index (χ1n) is 10.9. The number of benzene rings is 2. The molecule has 1 spiro atoms. The van der Waals surface area contributed by atoms with Crippen LogP contribution in [0.25, 0.3) is 11.1 Å². The highest BCUT2D eigenvalue weighted by Gasteiger charge is 2.46. The maximum Gasteiger partial charge on any atom is 0.228 e. The smallest absolute Gasteiger partial charge is 0.228 e. The summed E-state index contributed by atoms with van der Waals surface area (Å²) in [5.74, 6) is 1.18. The molecule has 0 unspecified atom stereocenters. The molecule has 1 atom stereocenters. The number of fused-ring (bicyclic) bond motifs is 1. The van der Waals surface area contributed by atoms with Crippen LogP contribution in [0.5, 0.6) is 5.88 Å². The van der Waals surface area contributed by atoms with E-state index in [2.05, 4.69) is 29.2 Å². The van der Waals surface area contributed by atoms with E-state index in [1.807, 2.05) is 19.1 Å². The molecule has 32 heavy (non-hydrogen) atoms. The Balaban J connectivity index is 1.41. The van der Waals surface area contributed by atoms with Crippen molar-refractivity contribution in [3.63, 3.8) is 0 Å². The second kappa shape index (κ2) is 8.22. The number of anilines is 1. The first kappa shape index (κ1) is 21.5. The predicted octanol–water partition coefficient (Wildman–Crippen LogP) is 5.61. The number of ether oxygens (including phenoxy) is 1. The number of rotatable bonds is 3. The Hall–Kier alpha value is -2.34. The van der Waals surface area contributed by atoms with E-state index in [0.717, 1.165) is 49.2 Å².